The number of hydrogen-bond acceptors (Lipinski definition) is 3. The first-order chi connectivity index (χ1) is 7.29. The fraction of sp³-hybridized carbons (Fsp3) is 0.500. The van der Waals surface area contributed by atoms with E-state index < -0.39 is 11.7 Å². The third-order valence-corrected chi connectivity index (χ3v) is 1.91. The van der Waals surface area contributed by atoms with Gasteiger partial charge in [-0.2, -0.15) is 0 Å². The molecular formula is C12H18N2O2. The van der Waals surface area contributed by atoms with Gasteiger partial charge in [-0.05, 0) is 45.4 Å². The zero-order chi connectivity index (χ0) is 12.3. The molecule has 0 saturated carbocycles. The predicted molar refractivity (Wildman–Crippen MR) is 63.6 cm³/mol. The number of hydrogen-bond donors (Lipinski definition) is 0. The van der Waals surface area contributed by atoms with Gasteiger partial charge < -0.3 is 4.74 Å². The first-order valence-electron chi connectivity index (χ1n) is 5.19. The molecule has 0 aliphatic heterocycles. The topological polar surface area (TPSA) is 42.4 Å². The van der Waals surface area contributed by atoms with Gasteiger partial charge in [-0.3, -0.25) is 4.90 Å². The van der Waals surface area contributed by atoms with Gasteiger partial charge in [0.25, 0.3) is 0 Å². The second-order valence-electron chi connectivity index (χ2n) is 4.73. The number of ether oxygens (including phenoxy) is 1. The summed E-state index contributed by atoms with van der Waals surface area (Å²) in [4.78, 5) is 17.3. The first-order valence-corrected chi connectivity index (χ1v) is 5.19. The number of amides is 1. The number of aryl methyl sites for hydroxylation is 1. The van der Waals surface area contributed by atoms with Crippen LogP contribution in [-0.4, -0.2) is 23.7 Å². The Kier molecular flexibility index (Phi) is 3.52. The highest BCUT2D eigenvalue weighted by Gasteiger charge is 2.20. The number of pyridine rings is 1. The molecule has 1 aromatic heterocycles. The van der Waals surface area contributed by atoms with Crippen molar-refractivity contribution in [2.45, 2.75) is 33.3 Å². The van der Waals surface area contributed by atoms with Crippen molar-refractivity contribution in [1.29, 1.82) is 0 Å². The van der Waals surface area contributed by atoms with Crippen LogP contribution in [-0.2, 0) is 4.74 Å². The Hall–Kier alpha value is -1.58. The Morgan fingerprint density at radius 1 is 1.44 bits per heavy atom. The normalized spacial score (nSPS) is 11.1. The van der Waals surface area contributed by atoms with Crippen molar-refractivity contribution in [3.05, 3.63) is 23.9 Å². The van der Waals surface area contributed by atoms with Crippen molar-refractivity contribution in [3.63, 3.8) is 0 Å². The van der Waals surface area contributed by atoms with Gasteiger partial charge in [0.2, 0.25) is 0 Å². The Morgan fingerprint density at radius 2 is 2.06 bits per heavy atom. The molecule has 0 unspecified atom stereocenters. The first kappa shape index (κ1) is 12.5. The monoisotopic (exact) mass is 222 g/mol. The number of carbonyl (C=O) groups is 1. The van der Waals surface area contributed by atoms with Gasteiger partial charge in [0.1, 0.15) is 11.4 Å². The minimum absolute atomic E-state index is 0.398. The average Bonchev–Trinajstić information content (AvgIpc) is 2.14. The maximum atomic E-state index is 11.7. The summed E-state index contributed by atoms with van der Waals surface area (Å²) in [5.74, 6) is 0.592. The van der Waals surface area contributed by atoms with E-state index in [1.807, 2.05) is 39.8 Å². The summed E-state index contributed by atoms with van der Waals surface area (Å²) >= 11 is 0. The van der Waals surface area contributed by atoms with Crippen LogP contribution in [0.4, 0.5) is 10.6 Å². The Bertz CT molecular complexity index is 383. The zero-order valence-corrected chi connectivity index (χ0v) is 10.4. The van der Waals surface area contributed by atoms with Crippen molar-refractivity contribution in [3.8, 4) is 0 Å². The predicted octanol–water partition coefficient (Wildman–Crippen LogP) is 2.76. The molecule has 1 aromatic rings. The lowest BCUT2D eigenvalue weighted by molar-refractivity contribution is 0.0588. The number of nitrogens with zero attached hydrogens (tertiary/aromatic N) is 2. The highest BCUT2D eigenvalue weighted by molar-refractivity contribution is 5.86. The van der Waals surface area contributed by atoms with Crippen molar-refractivity contribution >= 4 is 11.9 Å². The van der Waals surface area contributed by atoms with Crippen LogP contribution in [0.1, 0.15) is 26.3 Å². The summed E-state index contributed by atoms with van der Waals surface area (Å²) in [5, 5.41) is 0. The second kappa shape index (κ2) is 4.51. The Morgan fingerprint density at radius 3 is 2.56 bits per heavy atom. The number of aromatic nitrogens is 1. The van der Waals surface area contributed by atoms with E-state index in [9.17, 15) is 4.79 Å². The van der Waals surface area contributed by atoms with Crippen LogP contribution in [0, 0.1) is 6.92 Å². The van der Waals surface area contributed by atoms with E-state index >= 15 is 0 Å². The van der Waals surface area contributed by atoms with Crippen LogP contribution in [0.2, 0.25) is 0 Å². The average molecular weight is 222 g/mol. The fourth-order valence-electron chi connectivity index (χ4n) is 1.13. The van der Waals surface area contributed by atoms with Crippen LogP contribution in [0.5, 0.6) is 0 Å². The lowest BCUT2D eigenvalue weighted by Gasteiger charge is -2.24. The molecule has 0 fully saturated rings. The lowest BCUT2D eigenvalue weighted by atomic mass is 10.2. The van der Waals surface area contributed by atoms with E-state index in [1.54, 1.807) is 13.2 Å². The molecule has 88 valence electrons. The van der Waals surface area contributed by atoms with Gasteiger partial charge in [-0.15, -0.1) is 0 Å². The van der Waals surface area contributed by atoms with Crippen molar-refractivity contribution < 1.29 is 9.53 Å². The molecule has 0 aliphatic rings. The molecule has 0 spiro atoms. The number of rotatable bonds is 1. The van der Waals surface area contributed by atoms with Crippen LogP contribution in [0.15, 0.2) is 18.3 Å². The molecule has 0 radical (unpaired) electrons. The van der Waals surface area contributed by atoms with Crippen molar-refractivity contribution in [2.75, 3.05) is 11.9 Å². The van der Waals surface area contributed by atoms with Gasteiger partial charge in [0.15, 0.2) is 0 Å². The molecule has 0 saturated heterocycles. The molecule has 1 amide bonds. The third kappa shape index (κ3) is 3.53. The smallest absolute Gasteiger partial charge is 0.415 e. The van der Waals surface area contributed by atoms with E-state index in [0.717, 1.165) is 5.56 Å². The molecule has 0 aromatic carbocycles. The summed E-state index contributed by atoms with van der Waals surface area (Å²) in [6, 6.07) is 3.72. The van der Waals surface area contributed by atoms with E-state index in [4.69, 9.17) is 4.74 Å². The summed E-state index contributed by atoms with van der Waals surface area (Å²) in [6.45, 7) is 7.46. The van der Waals surface area contributed by atoms with Gasteiger partial charge in [0, 0.05) is 13.2 Å². The largest absolute Gasteiger partial charge is 0.443 e. The van der Waals surface area contributed by atoms with Crippen molar-refractivity contribution in [1.82, 2.24) is 4.98 Å². The third-order valence-electron chi connectivity index (χ3n) is 1.91. The molecule has 0 atom stereocenters. The van der Waals surface area contributed by atoms with Gasteiger partial charge in [-0.1, -0.05) is 0 Å². The molecule has 1 rings (SSSR count). The minimum Gasteiger partial charge on any atom is -0.443 e. The molecular weight excluding hydrogens is 204 g/mol. The molecule has 16 heavy (non-hydrogen) atoms. The van der Waals surface area contributed by atoms with E-state index in [1.165, 1.54) is 4.90 Å². The Labute approximate surface area is 96.2 Å². The van der Waals surface area contributed by atoms with E-state index in [2.05, 4.69) is 4.98 Å². The molecule has 0 bridgehead atoms. The maximum absolute atomic E-state index is 11.7. The molecule has 4 heteroatoms. The number of anilines is 1. The number of carbonyl (C=O) groups excluding carboxylic acids is 1. The molecule has 1 heterocycles. The second-order valence-corrected chi connectivity index (χ2v) is 4.73. The minimum atomic E-state index is -0.491. The standard InChI is InChI=1S/C12H18N2O2/c1-9-6-7-13-10(8-9)14(5)11(15)16-12(2,3)4/h6-8H,1-5H3. The summed E-state index contributed by atoms with van der Waals surface area (Å²) < 4.78 is 5.24. The van der Waals surface area contributed by atoms with E-state index in [0.29, 0.717) is 5.82 Å². The van der Waals surface area contributed by atoms with Gasteiger partial charge in [-0.25, -0.2) is 9.78 Å². The maximum Gasteiger partial charge on any atom is 0.415 e. The van der Waals surface area contributed by atoms with E-state index in [-0.39, 0.29) is 0 Å². The summed E-state index contributed by atoms with van der Waals surface area (Å²) in [6.07, 6.45) is 1.27. The fourth-order valence-corrected chi connectivity index (χ4v) is 1.13. The SMILES string of the molecule is Cc1ccnc(N(C)C(=O)OC(C)(C)C)c1. The quantitative estimate of drug-likeness (QED) is 0.733. The van der Waals surface area contributed by atoms with Crippen LogP contribution in [0.25, 0.3) is 0 Å². The van der Waals surface area contributed by atoms with Gasteiger partial charge in [0.05, 0.1) is 0 Å². The lowest BCUT2D eigenvalue weighted by Crippen LogP contribution is -2.34. The van der Waals surface area contributed by atoms with Crippen LogP contribution < -0.4 is 4.90 Å². The highest BCUT2D eigenvalue weighted by atomic mass is 16.6. The molecule has 4 nitrogen and oxygen atoms in total. The highest BCUT2D eigenvalue weighted by Crippen LogP contribution is 2.15. The van der Waals surface area contributed by atoms with Gasteiger partial charge >= 0.3 is 6.09 Å². The van der Waals surface area contributed by atoms with Crippen LogP contribution in [0.3, 0.4) is 0 Å². The summed E-state index contributed by atoms with van der Waals surface area (Å²) in [7, 11) is 1.65. The Balaban J connectivity index is 2.78. The van der Waals surface area contributed by atoms with Crippen LogP contribution >= 0.6 is 0 Å². The molecule has 0 aliphatic carbocycles. The zero-order valence-electron chi connectivity index (χ0n) is 10.4. The van der Waals surface area contributed by atoms with Crippen molar-refractivity contribution in [2.24, 2.45) is 0 Å². The summed E-state index contributed by atoms with van der Waals surface area (Å²) in [5.41, 5.74) is 0.565. The molecule has 0 N–H and O–H groups in total.